The summed E-state index contributed by atoms with van der Waals surface area (Å²) in [5.74, 6) is 0. The van der Waals surface area contributed by atoms with Gasteiger partial charge < -0.3 is 0 Å². The van der Waals surface area contributed by atoms with E-state index < -0.39 is 0 Å². The molecule has 0 heterocycles. The van der Waals surface area contributed by atoms with E-state index in [0.717, 1.165) is 26.1 Å². The van der Waals surface area contributed by atoms with Crippen molar-refractivity contribution in [2.75, 3.05) is 7.11 Å². The third-order valence-electron chi connectivity index (χ3n) is 0.809. The van der Waals surface area contributed by atoms with Crippen molar-refractivity contribution in [1.82, 2.24) is 0 Å². The van der Waals surface area contributed by atoms with Crippen molar-refractivity contribution >= 4 is 0 Å². The zero-order valence-corrected chi connectivity index (χ0v) is 9.90. The van der Waals surface area contributed by atoms with Crippen LogP contribution in [-0.4, -0.2) is 13.2 Å². The van der Waals surface area contributed by atoms with E-state index >= 15 is 0 Å². The Morgan fingerprint density at radius 2 is 2.33 bits per heavy atom. The maximum atomic E-state index is 4.95. The van der Waals surface area contributed by atoms with Gasteiger partial charge in [0.25, 0.3) is 0 Å². The van der Waals surface area contributed by atoms with E-state index in [-0.39, 0.29) is 0 Å². The predicted octanol–water partition coefficient (Wildman–Crippen LogP) is 0.986. The first-order chi connectivity index (χ1) is 2.81. The van der Waals surface area contributed by atoms with Gasteiger partial charge in [-0.3, -0.25) is 0 Å². The first-order valence-corrected chi connectivity index (χ1v) is 6.02. The quantitative estimate of drug-likeness (QED) is 0.682. The Bertz CT molecular complexity index is 26.7. The molecule has 2 heteroatoms. The number of hydrogen-bond donors (Lipinski definition) is 0. The second kappa shape index (κ2) is 4.06. The fourth-order valence-corrected chi connectivity index (χ4v) is 1.03. The molecule has 0 aromatic heterocycles. The van der Waals surface area contributed by atoms with Gasteiger partial charge in [0.1, 0.15) is 0 Å². The molecule has 0 radical (unpaired) electrons. The molecule has 0 aliphatic heterocycles. The van der Waals surface area contributed by atoms with Crippen LogP contribution in [0.4, 0.5) is 0 Å². The molecule has 0 fully saturated rings. The molecule has 0 aliphatic carbocycles. The molecule has 0 bridgehead atoms. The number of hydrogen-bond acceptors (Lipinski definition) is 1. The van der Waals surface area contributed by atoms with E-state index in [9.17, 15) is 0 Å². The first-order valence-electron chi connectivity index (χ1n) is 2.13. The Balaban J connectivity index is 2.75. The summed E-state index contributed by atoms with van der Waals surface area (Å²) in [5.41, 5.74) is 0. The molecule has 0 saturated heterocycles. The molecule has 0 rings (SSSR count). The molecule has 0 aromatic rings. The fraction of sp³-hybridized carbons (Fsp3) is 1.00. The van der Waals surface area contributed by atoms with E-state index in [2.05, 4.69) is 6.92 Å². The normalized spacial score (nSPS) is 14.7. The summed E-state index contributed by atoms with van der Waals surface area (Å²) in [7, 11) is 1.76. The van der Waals surface area contributed by atoms with Gasteiger partial charge in [0.2, 0.25) is 0 Å². The van der Waals surface area contributed by atoms with Gasteiger partial charge in [0, 0.05) is 0 Å². The van der Waals surface area contributed by atoms with Crippen LogP contribution >= 0.6 is 0 Å². The van der Waals surface area contributed by atoms with Crippen LogP contribution in [0.15, 0.2) is 0 Å². The molecule has 0 saturated carbocycles. The standard InChI is InChI=1S/C4H9O.Hg/c1-4(2)5-3;/h4H,1H2,2-3H3;. The van der Waals surface area contributed by atoms with E-state index in [1.165, 1.54) is 3.93 Å². The average Bonchev–Trinajstić information content (AvgIpc) is 1.65. The summed E-state index contributed by atoms with van der Waals surface area (Å²) in [6.07, 6.45) is 0.522. The molecular formula is C4H9HgO. The summed E-state index contributed by atoms with van der Waals surface area (Å²) in [5, 5.41) is 0. The monoisotopic (exact) mass is 275 g/mol. The SMILES string of the molecule is COC(C)[CH2][Hg]. The van der Waals surface area contributed by atoms with Crippen molar-refractivity contribution < 1.29 is 30.9 Å². The van der Waals surface area contributed by atoms with Gasteiger partial charge in [-0.25, -0.2) is 0 Å². The summed E-state index contributed by atoms with van der Waals surface area (Å²) in [4.78, 5) is 0. The second-order valence-corrected chi connectivity index (χ2v) is 3.58. The molecule has 0 aromatic carbocycles. The molecule has 0 aliphatic rings. The zero-order chi connectivity index (χ0) is 4.99. The van der Waals surface area contributed by atoms with Crippen LogP contribution < -0.4 is 0 Å². The fourth-order valence-electron chi connectivity index (χ4n) is 0.118. The molecular weight excluding hydrogens is 265 g/mol. The second-order valence-electron chi connectivity index (χ2n) is 1.33. The van der Waals surface area contributed by atoms with Gasteiger partial charge in [-0.1, -0.05) is 0 Å². The van der Waals surface area contributed by atoms with Gasteiger partial charge >= 0.3 is 54.9 Å². The number of rotatable bonds is 2. The summed E-state index contributed by atoms with van der Waals surface area (Å²) >= 11 is 0.918. The van der Waals surface area contributed by atoms with Crippen LogP contribution in [0.5, 0.6) is 0 Å². The molecule has 1 unspecified atom stereocenters. The molecule has 1 atom stereocenters. The topological polar surface area (TPSA) is 9.23 Å². The van der Waals surface area contributed by atoms with Gasteiger partial charge in [-0.2, -0.15) is 0 Å². The van der Waals surface area contributed by atoms with Crippen LogP contribution in [0.1, 0.15) is 6.92 Å². The van der Waals surface area contributed by atoms with Crippen LogP contribution in [-0.2, 0) is 30.9 Å². The minimum absolute atomic E-state index is 0.522. The van der Waals surface area contributed by atoms with Crippen molar-refractivity contribution in [1.29, 1.82) is 0 Å². The average molecular weight is 274 g/mol. The minimum atomic E-state index is 0.522. The molecule has 1 nitrogen and oxygen atoms in total. The first kappa shape index (κ1) is 6.90. The van der Waals surface area contributed by atoms with Gasteiger partial charge in [0.15, 0.2) is 0 Å². The summed E-state index contributed by atoms with van der Waals surface area (Å²) < 4.78 is 6.25. The van der Waals surface area contributed by atoms with E-state index in [0.29, 0.717) is 6.10 Å². The molecule has 0 amide bonds. The molecule has 33 valence electrons. The van der Waals surface area contributed by atoms with E-state index in [4.69, 9.17) is 4.74 Å². The predicted molar refractivity (Wildman–Crippen MR) is 21.3 cm³/mol. The Kier molecular flexibility index (Phi) is 4.67. The molecule has 6 heavy (non-hydrogen) atoms. The van der Waals surface area contributed by atoms with Crippen LogP contribution in [0.25, 0.3) is 0 Å². The number of methoxy groups -OCH3 is 1. The van der Waals surface area contributed by atoms with Crippen LogP contribution in [0, 0.1) is 0 Å². The van der Waals surface area contributed by atoms with Crippen molar-refractivity contribution in [2.45, 2.75) is 17.0 Å². The van der Waals surface area contributed by atoms with Crippen molar-refractivity contribution in [3.05, 3.63) is 0 Å². The van der Waals surface area contributed by atoms with Gasteiger partial charge in [-0.05, 0) is 0 Å². The maximum absolute atomic E-state index is 4.95. The third kappa shape index (κ3) is 3.10. The van der Waals surface area contributed by atoms with Crippen molar-refractivity contribution in [3.63, 3.8) is 0 Å². The van der Waals surface area contributed by atoms with Crippen LogP contribution in [0.3, 0.4) is 0 Å². The summed E-state index contributed by atoms with van der Waals surface area (Å²) in [6.45, 7) is 2.10. The summed E-state index contributed by atoms with van der Waals surface area (Å²) in [6, 6.07) is 0. The van der Waals surface area contributed by atoms with Crippen molar-refractivity contribution in [2.24, 2.45) is 0 Å². The van der Waals surface area contributed by atoms with E-state index in [1.807, 2.05) is 0 Å². The van der Waals surface area contributed by atoms with Gasteiger partial charge in [0.05, 0.1) is 0 Å². The zero-order valence-electron chi connectivity index (χ0n) is 4.40. The Morgan fingerprint density at radius 3 is 2.33 bits per heavy atom. The molecule has 0 spiro atoms. The Labute approximate surface area is 55.0 Å². The number of ether oxygens (including phenoxy) is 1. The van der Waals surface area contributed by atoms with Gasteiger partial charge in [-0.15, -0.1) is 0 Å². The third-order valence-corrected chi connectivity index (χ3v) is 3.97. The van der Waals surface area contributed by atoms with Crippen LogP contribution in [0.2, 0.25) is 3.93 Å². The van der Waals surface area contributed by atoms with E-state index in [1.54, 1.807) is 7.11 Å². The molecule has 0 N–H and O–H groups in total. The Hall–Kier alpha value is 0.895. The Morgan fingerprint density at radius 1 is 1.83 bits per heavy atom. The van der Waals surface area contributed by atoms with Crippen molar-refractivity contribution in [3.8, 4) is 0 Å².